The van der Waals surface area contributed by atoms with Crippen molar-refractivity contribution in [2.45, 2.75) is 20.8 Å². The highest BCUT2D eigenvalue weighted by Gasteiger charge is 2.14. The van der Waals surface area contributed by atoms with Gasteiger partial charge < -0.3 is 5.32 Å². The van der Waals surface area contributed by atoms with E-state index in [1.165, 1.54) is 11.3 Å². The molecule has 0 spiro atoms. The second-order valence-corrected chi connectivity index (χ2v) is 5.89. The van der Waals surface area contributed by atoms with Gasteiger partial charge in [0.25, 0.3) is 5.91 Å². The second-order valence-electron chi connectivity index (χ2n) is 4.05. The summed E-state index contributed by atoms with van der Waals surface area (Å²) >= 11 is 7.43. The molecule has 94 valence electrons. The molecule has 1 aromatic carbocycles. The van der Waals surface area contributed by atoms with Crippen molar-refractivity contribution in [3.05, 3.63) is 44.4 Å². The minimum absolute atomic E-state index is 0.192. The number of nitrogens with one attached hydrogen (secondary N) is 1. The number of rotatable bonds is 2. The average Bonchev–Trinajstić information content (AvgIpc) is 2.63. The lowest BCUT2D eigenvalue weighted by atomic mass is 10.2. The largest absolute Gasteiger partial charge is 0.320 e. The summed E-state index contributed by atoms with van der Waals surface area (Å²) in [4.78, 5) is 17.3. The lowest BCUT2D eigenvalue weighted by Crippen LogP contribution is -2.14. The first-order chi connectivity index (χ1) is 8.47. The van der Waals surface area contributed by atoms with Gasteiger partial charge in [-0.05, 0) is 38.5 Å². The van der Waals surface area contributed by atoms with Crippen LogP contribution in [0.5, 0.6) is 0 Å². The van der Waals surface area contributed by atoms with Crippen LogP contribution in [-0.2, 0) is 0 Å². The Kier molecular flexibility index (Phi) is 3.68. The number of nitrogens with zero attached hydrogens (tertiary/aromatic N) is 1. The summed E-state index contributed by atoms with van der Waals surface area (Å²) in [5, 5.41) is 4.33. The van der Waals surface area contributed by atoms with Gasteiger partial charge in [0.05, 0.1) is 5.01 Å². The number of hydrogen-bond acceptors (Lipinski definition) is 3. The summed E-state index contributed by atoms with van der Waals surface area (Å²) < 4.78 is 0. The zero-order valence-electron chi connectivity index (χ0n) is 10.4. The van der Waals surface area contributed by atoms with E-state index in [0.717, 1.165) is 21.1 Å². The van der Waals surface area contributed by atoms with Crippen molar-refractivity contribution in [1.29, 1.82) is 0 Å². The van der Waals surface area contributed by atoms with E-state index >= 15 is 0 Å². The third-order valence-corrected chi connectivity index (χ3v) is 3.69. The molecule has 2 rings (SSSR count). The fourth-order valence-electron chi connectivity index (χ4n) is 1.65. The summed E-state index contributed by atoms with van der Waals surface area (Å²) in [6.07, 6.45) is 0. The summed E-state index contributed by atoms with van der Waals surface area (Å²) in [6.45, 7) is 5.70. The summed E-state index contributed by atoms with van der Waals surface area (Å²) in [5.41, 5.74) is 2.17. The molecule has 0 aliphatic heterocycles. The standard InChI is InChI=1S/C13H13ClN2OS/c1-7-4-5-10(14)6-11(7)16-13(17)12-8(2)18-9(3)15-12/h4-6H,1-3H3,(H,16,17). The molecule has 0 saturated carbocycles. The number of thiazole rings is 1. The smallest absolute Gasteiger partial charge is 0.275 e. The Hall–Kier alpha value is -1.39. The quantitative estimate of drug-likeness (QED) is 0.904. The van der Waals surface area contributed by atoms with Crippen LogP contribution in [0, 0.1) is 20.8 Å². The molecule has 0 aliphatic rings. The highest BCUT2D eigenvalue weighted by atomic mass is 35.5. The normalized spacial score (nSPS) is 10.4. The first-order valence-electron chi connectivity index (χ1n) is 5.49. The third kappa shape index (κ3) is 2.71. The van der Waals surface area contributed by atoms with E-state index in [4.69, 9.17) is 11.6 Å². The molecule has 18 heavy (non-hydrogen) atoms. The van der Waals surface area contributed by atoms with Gasteiger partial charge in [-0.3, -0.25) is 4.79 Å². The summed E-state index contributed by atoms with van der Waals surface area (Å²) in [7, 11) is 0. The Morgan fingerprint density at radius 3 is 2.67 bits per heavy atom. The van der Waals surface area contributed by atoms with E-state index < -0.39 is 0 Å². The van der Waals surface area contributed by atoms with Crippen LogP contribution in [0.25, 0.3) is 0 Å². The lowest BCUT2D eigenvalue weighted by molar-refractivity contribution is 0.102. The first kappa shape index (κ1) is 13.1. The Morgan fingerprint density at radius 1 is 1.33 bits per heavy atom. The molecule has 1 amide bonds. The van der Waals surface area contributed by atoms with Crippen LogP contribution < -0.4 is 5.32 Å². The van der Waals surface area contributed by atoms with Gasteiger partial charge >= 0.3 is 0 Å². The number of hydrogen-bond donors (Lipinski definition) is 1. The lowest BCUT2D eigenvalue weighted by Gasteiger charge is -2.07. The van der Waals surface area contributed by atoms with Crippen molar-refractivity contribution < 1.29 is 4.79 Å². The van der Waals surface area contributed by atoms with E-state index in [2.05, 4.69) is 10.3 Å². The fourth-order valence-corrected chi connectivity index (χ4v) is 2.64. The highest BCUT2D eigenvalue weighted by Crippen LogP contribution is 2.22. The predicted octanol–water partition coefficient (Wildman–Crippen LogP) is 3.97. The number of aromatic nitrogens is 1. The minimum atomic E-state index is -0.192. The van der Waals surface area contributed by atoms with E-state index in [-0.39, 0.29) is 5.91 Å². The van der Waals surface area contributed by atoms with E-state index in [1.807, 2.05) is 26.8 Å². The van der Waals surface area contributed by atoms with Gasteiger partial charge in [-0.2, -0.15) is 0 Å². The monoisotopic (exact) mass is 280 g/mol. The van der Waals surface area contributed by atoms with Crippen LogP contribution in [0.3, 0.4) is 0 Å². The molecule has 3 nitrogen and oxygen atoms in total. The number of carbonyl (C=O) groups excluding carboxylic acids is 1. The molecule has 0 unspecified atom stereocenters. The maximum absolute atomic E-state index is 12.1. The van der Waals surface area contributed by atoms with Crippen LogP contribution in [0.4, 0.5) is 5.69 Å². The van der Waals surface area contributed by atoms with Crippen LogP contribution in [0.1, 0.15) is 25.9 Å². The SMILES string of the molecule is Cc1nc(C(=O)Nc2cc(Cl)ccc2C)c(C)s1. The third-order valence-electron chi connectivity index (χ3n) is 2.57. The van der Waals surface area contributed by atoms with E-state index in [0.29, 0.717) is 10.7 Å². The molecule has 5 heteroatoms. The number of benzene rings is 1. The van der Waals surface area contributed by atoms with Crippen molar-refractivity contribution in [3.63, 3.8) is 0 Å². The number of anilines is 1. The van der Waals surface area contributed by atoms with Crippen molar-refractivity contribution in [2.75, 3.05) is 5.32 Å². The van der Waals surface area contributed by atoms with Gasteiger partial charge in [-0.25, -0.2) is 4.98 Å². The number of halogens is 1. The van der Waals surface area contributed by atoms with Crippen molar-refractivity contribution in [2.24, 2.45) is 0 Å². The van der Waals surface area contributed by atoms with Gasteiger partial charge in [-0.1, -0.05) is 17.7 Å². The van der Waals surface area contributed by atoms with Crippen LogP contribution in [-0.4, -0.2) is 10.9 Å². The molecular weight excluding hydrogens is 268 g/mol. The molecule has 2 aromatic rings. The van der Waals surface area contributed by atoms with Crippen molar-refractivity contribution >= 4 is 34.5 Å². The fraction of sp³-hybridized carbons (Fsp3) is 0.231. The van der Waals surface area contributed by atoms with Crippen LogP contribution in [0.15, 0.2) is 18.2 Å². The maximum Gasteiger partial charge on any atom is 0.275 e. The van der Waals surface area contributed by atoms with Gasteiger partial charge in [0, 0.05) is 15.6 Å². The Labute approximate surface area is 115 Å². The maximum atomic E-state index is 12.1. The molecule has 0 bridgehead atoms. The Morgan fingerprint density at radius 2 is 2.06 bits per heavy atom. The molecule has 0 saturated heterocycles. The first-order valence-corrected chi connectivity index (χ1v) is 6.68. The Balaban J connectivity index is 2.26. The van der Waals surface area contributed by atoms with Crippen LogP contribution in [0.2, 0.25) is 5.02 Å². The summed E-state index contributed by atoms with van der Waals surface area (Å²) in [5.74, 6) is -0.192. The topological polar surface area (TPSA) is 42.0 Å². The molecular formula is C13H13ClN2OS. The Bertz CT molecular complexity index is 607. The number of amides is 1. The molecule has 1 heterocycles. The second kappa shape index (κ2) is 5.08. The highest BCUT2D eigenvalue weighted by molar-refractivity contribution is 7.11. The van der Waals surface area contributed by atoms with E-state index in [1.54, 1.807) is 12.1 Å². The van der Waals surface area contributed by atoms with E-state index in [9.17, 15) is 4.79 Å². The molecule has 0 aliphatic carbocycles. The van der Waals surface area contributed by atoms with Gasteiger partial charge in [0.15, 0.2) is 0 Å². The van der Waals surface area contributed by atoms with Crippen molar-refractivity contribution in [1.82, 2.24) is 4.98 Å². The number of carbonyl (C=O) groups is 1. The minimum Gasteiger partial charge on any atom is -0.320 e. The van der Waals surface area contributed by atoms with Gasteiger partial charge in [0.1, 0.15) is 5.69 Å². The number of aryl methyl sites for hydroxylation is 3. The zero-order chi connectivity index (χ0) is 13.3. The van der Waals surface area contributed by atoms with Crippen LogP contribution >= 0.6 is 22.9 Å². The molecule has 1 N–H and O–H groups in total. The molecule has 0 radical (unpaired) electrons. The molecule has 0 fully saturated rings. The summed E-state index contributed by atoms with van der Waals surface area (Å²) in [6, 6.07) is 5.41. The van der Waals surface area contributed by atoms with Gasteiger partial charge in [-0.15, -0.1) is 11.3 Å². The predicted molar refractivity (Wildman–Crippen MR) is 75.7 cm³/mol. The van der Waals surface area contributed by atoms with Gasteiger partial charge in [0.2, 0.25) is 0 Å². The van der Waals surface area contributed by atoms with Crippen molar-refractivity contribution in [3.8, 4) is 0 Å². The molecule has 0 atom stereocenters. The molecule has 1 aromatic heterocycles. The zero-order valence-corrected chi connectivity index (χ0v) is 11.9. The average molecular weight is 281 g/mol.